The highest BCUT2D eigenvalue weighted by Crippen LogP contribution is 2.65. The summed E-state index contributed by atoms with van der Waals surface area (Å²) in [5.41, 5.74) is 0.301. The molecule has 1 aliphatic rings. The van der Waals surface area contributed by atoms with Crippen molar-refractivity contribution in [1.82, 2.24) is 0 Å². The first-order valence-corrected chi connectivity index (χ1v) is 14.7. The highest BCUT2D eigenvalue weighted by Gasteiger charge is 2.67. The van der Waals surface area contributed by atoms with Gasteiger partial charge in [-0.2, -0.15) is 0 Å². The molecule has 0 saturated heterocycles. The van der Waals surface area contributed by atoms with Crippen LogP contribution in [0.5, 0.6) is 0 Å². The molecule has 1 fully saturated rings. The normalized spacial score (nSPS) is 17.9. The van der Waals surface area contributed by atoms with Gasteiger partial charge in [0.25, 0.3) is 0 Å². The van der Waals surface area contributed by atoms with E-state index < -0.39 is 69.8 Å². The van der Waals surface area contributed by atoms with Crippen molar-refractivity contribution in [1.29, 1.82) is 0 Å². The quantitative estimate of drug-likeness (QED) is 0.163. The van der Waals surface area contributed by atoms with Crippen LogP contribution in [0.1, 0.15) is 46.8 Å². The Kier molecular flexibility index (Phi) is 10.2. The third-order valence-electron chi connectivity index (χ3n) is 7.01. The summed E-state index contributed by atoms with van der Waals surface area (Å²) in [4.78, 5) is 38.6. The monoisotopic (exact) mass is 675 g/mol. The van der Waals surface area contributed by atoms with Crippen LogP contribution in [0.15, 0.2) is 48.5 Å². The predicted molar refractivity (Wildman–Crippen MR) is 161 cm³/mol. The van der Waals surface area contributed by atoms with Crippen molar-refractivity contribution < 1.29 is 27.9 Å². The third-order valence-corrected chi connectivity index (χ3v) is 9.02. The van der Waals surface area contributed by atoms with Gasteiger partial charge in [0.05, 0.1) is 21.0 Å². The molecule has 0 spiro atoms. The molecule has 1 amide bonds. The second-order valence-corrected chi connectivity index (χ2v) is 12.5. The second-order valence-electron chi connectivity index (χ2n) is 9.83. The van der Waals surface area contributed by atoms with Gasteiger partial charge in [-0.25, -0.2) is 8.78 Å². The minimum Gasteiger partial charge on any atom is -0.371 e. The number of anilines is 1. The fraction of sp³-hybridized carbons (Fsp3) is 0.300. The molecule has 0 aliphatic heterocycles. The van der Waals surface area contributed by atoms with E-state index in [0.717, 1.165) is 12.1 Å². The van der Waals surface area contributed by atoms with Gasteiger partial charge in [-0.3, -0.25) is 14.4 Å². The van der Waals surface area contributed by atoms with Crippen molar-refractivity contribution in [2.45, 2.75) is 43.0 Å². The number of ether oxygens (including phenoxy) is 1. The number of ketones is 2. The molecule has 0 unspecified atom stereocenters. The number of carbonyl (C=O) groups is 3. The largest absolute Gasteiger partial charge is 0.371 e. The van der Waals surface area contributed by atoms with Crippen LogP contribution in [-0.2, 0) is 27.2 Å². The SMILES string of the molecule is CCO[C@@H](C)C(=O)Cc1c(F)ccc(CC(=O)c2cc(NC(=O)[C@H]3[C@H](c4ccc(Cl)c(Cl)c4)C3(Cl)Cl)ccc2Cl)c1F. The van der Waals surface area contributed by atoms with Gasteiger partial charge in [0.2, 0.25) is 5.91 Å². The Balaban J connectivity index is 1.50. The van der Waals surface area contributed by atoms with E-state index in [4.69, 9.17) is 62.7 Å². The molecule has 222 valence electrons. The summed E-state index contributed by atoms with van der Waals surface area (Å²) in [5.74, 6) is -4.88. The Hall–Kier alpha value is -2.26. The number of carbonyl (C=O) groups excluding carboxylic acids is 3. The molecule has 3 aromatic rings. The van der Waals surface area contributed by atoms with Crippen LogP contribution in [0.25, 0.3) is 0 Å². The maximum Gasteiger partial charge on any atom is 0.231 e. The molecule has 42 heavy (non-hydrogen) atoms. The lowest BCUT2D eigenvalue weighted by molar-refractivity contribution is -0.128. The minimum atomic E-state index is -1.40. The number of halogens is 7. The van der Waals surface area contributed by atoms with Gasteiger partial charge in [0.1, 0.15) is 22.1 Å². The number of Topliss-reactive ketones (excluding diaryl/α,β-unsaturated/α-hetero) is 2. The summed E-state index contributed by atoms with van der Waals surface area (Å²) in [5, 5.41) is 3.39. The van der Waals surface area contributed by atoms with E-state index in [0.29, 0.717) is 15.6 Å². The lowest BCUT2D eigenvalue weighted by Gasteiger charge is -2.13. The van der Waals surface area contributed by atoms with Crippen LogP contribution in [0.3, 0.4) is 0 Å². The zero-order valence-corrected chi connectivity index (χ0v) is 26.0. The molecule has 0 heterocycles. The zero-order valence-electron chi connectivity index (χ0n) is 22.3. The van der Waals surface area contributed by atoms with Crippen LogP contribution < -0.4 is 5.32 Å². The Labute approximate surface area is 266 Å². The molecule has 0 aromatic heterocycles. The fourth-order valence-corrected chi connectivity index (χ4v) is 6.04. The lowest BCUT2D eigenvalue weighted by Crippen LogP contribution is -2.24. The molecular weight excluding hydrogens is 654 g/mol. The molecule has 0 bridgehead atoms. The molecule has 5 nitrogen and oxygen atoms in total. The van der Waals surface area contributed by atoms with E-state index in [1.54, 1.807) is 25.1 Å². The number of benzene rings is 3. The summed E-state index contributed by atoms with van der Waals surface area (Å²) < 4.78 is 33.5. The maximum atomic E-state index is 15.2. The van der Waals surface area contributed by atoms with E-state index in [1.165, 1.54) is 25.1 Å². The molecule has 12 heteroatoms. The highest BCUT2D eigenvalue weighted by atomic mass is 35.5. The van der Waals surface area contributed by atoms with Crippen molar-refractivity contribution in [3.8, 4) is 0 Å². The van der Waals surface area contributed by atoms with Gasteiger partial charge in [-0.1, -0.05) is 46.9 Å². The van der Waals surface area contributed by atoms with Crippen molar-refractivity contribution in [2.24, 2.45) is 5.92 Å². The number of amides is 1. The molecule has 3 atom stereocenters. The smallest absolute Gasteiger partial charge is 0.231 e. The number of hydrogen-bond donors (Lipinski definition) is 1. The second kappa shape index (κ2) is 13.2. The van der Waals surface area contributed by atoms with Gasteiger partial charge >= 0.3 is 0 Å². The van der Waals surface area contributed by atoms with Gasteiger partial charge < -0.3 is 10.1 Å². The summed E-state index contributed by atoms with van der Waals surface area (Å²) in [6.07, 6.45) is -1.84. The summed E-state index contributed by atoms with van der Waals surface area (Å²) in [6.45, 7) is 3.47. The molecule has 4 rings (SSSR count). The lowest BCUT2D eigenvalue weighted by atomic mass is 9.97. The van der Waals surface area contributed by atoms with E-state index in [9.17, 15) is 18.8 Å². The Morgan fingerprint density at radius 2 is 1.64 bits per heavy atom. The Bertz CT molecular complexity index is 1560. The highest BCUT2D eigenvalue weighted by molar-refractivity contribution is 6.53. The van der Waals surface area contributed by atoms with Crippen LogP contribution in [-0.4, -0.2) is 34.5 Å². The van der Waals surface area contributed by atoms with Crippen molar-refractivity contribution >= 4 is 81.2 Å². The Morgan fingerprint density at radius 1 is 0.952 bits per heavy atom. The molecule has 1 saturated carbocycles. The van der Waals surface area contributed by atoms with Crippen molar-refractivity contribution in [2.75, 3.05) is 11.9 Å². The molecule has 3 aromatic carbocycles. The van der Waals surface area contributed by atoms with Crippen molar-refractivity contribution in [3.05, 3.63) is 97.5 Å². The van der Waals surface area contributed by atoms with Crippen molar-refractivity contribution in [3.63, 3.8) is 0 Å². The van der Waals surface area contributed by atoms with Gasteiger partial charge in [0, 0.05) is 42.2 Å². The first-order chi connectivity index (χ1) is 19.8. The minimum absolute atomic E-state index is 0.000580. The number of rotatable bonds is 11. The first kappa shape index (κ1) is 32.6. The molecule has 1 aliphatic carbocycles. The average Bonchev–Trinajstić information content (AvgIpc) is 3.52. The van der Waals surface area contributed by atoms with E-state index >= 15 is 4.39 Å². The van der Waals surface area contributed by atoms with Gasteiger partial charge in [0.15, 0.2) is 11.6 Å². The first-order valence-electron chi connectivity index (χ1n) is 12.8. The molecule has 1 N–H and O–H groups in total. The number of nitrogens with one attached hydrogen (secondary N) is 1. The number of hydrogen-bond acceptors (Lipinski definition) is 4. The van der Waals surface area contributed by atoms with Crippen LogP contribution in [0, 0.1) is 17.6 Å². The standard InChI is InChI=1S/C30H24Cl5F2NO4/c1-3-42-14(2)24(39)13-19-23(36)9-5-16(28(19)37)11-25(40)18-12-17(6-8-20(18)31)38-29(41)27-26(30(27,34)35)15-4-7-21(32)22(33)10-15/h4-10,12,14,26-27H,3,11,13H2,1-2H3,(H,38,41)/t14-,26-,27+/m0/s1. The van der Waals surface area contributed by atoms with Crippen LogP contribution >= 0.6 is 58.0 Å². The van der Waals surface area contributed by atoms with E-state index in [2.05, 4.69) is 5.32 Å². The van der Waals surface area contributed by atoms with Crippen LogP contribution in [0.2, 0.25) is 15.1 Å². The Morgan fingerprint density at radius 3 is 2.31 bits per heavy atom. The maximum absolute atomic E-state index is 15.2. The summed E-state index contributed by atoms with van der Waals surface area (Å²) >= 11 is 31.2. The predicted octanol–water partition coefficient (Wildman–Crippen LogP) is 8.41. The molecule has 0 radical (unpaired) electrons. The zero-order chi connectivity index (χ0) is 30.9. The fourth-order valence-electron chi connectivity index (χ4n) is 4.68. The average molecular weight is 678 g/mol. The van der Waals surface area contributed by atoms with Gasteiger partial charge in [-0.15, -0.1) is 23.2 Å². The summed E-state index contributed by atoms with van der Waals surface area (Å²) in [6, 6.07) is 11.2. The number of alkyl halides is 2. The summed E-state index contributed by atoms with van der Waals surface area (Å²) in [7, 11) is 0. The van der Waals surface area contributed by atoms with Gasteiger partial charge in [-0.05, 0) is 61.4 Å². The third kappa shape index (κ3) is 6.93. The molecular formula is C30H24Cl5F2NO4. The van der Waals surface area contributed by atoms with E-state index in [1.807, 2.05) is 0 Å². The van der Waals surface area contributed by atoms with E-state index in [-0.39, 0.29) is 28.4 Å². The van der Waals surface area contributed by atoms with Crippen LogP contribution in [0.4, 0.5) is 14.5 Å². The topological polar surface area (TPSA) is 72.5 Å².